The summed E-state index contributed by atoms with van der Waals surface area (Å²) in [5, 5.41) is 0. The van der Waals surface area contributed by atoms with Gasteiger partial charge in [-0.15, -0.1) is 0 Å². The van der Waals surface area contributed by atoms with Gasteiger partial charge in [0.05, 0.1) is 29.7 Å². The smallest absolute Gasteiger partial charge is 0.240 e. The van der Waals surface area contributed by atoms with Crippen molar-refractivity contribution in [2.24, 2.45) is 0 Å². The van der Waals surface area contributed by atoms with E-state index < -0.39 is 10.0 Å². The Kier molecular flexibility index (Phi) is 7.05. The van der Waals surface area contributed by atoms with E-state index in [1.54, 1.807) is 18.2 Å². The molecular formula is C19H22BrFN2O4S. The van der Waals surface area contributed by atoms with Gasteiger partial charge in [-0.3, -0.25) is 4.90 Å². The second-order valence-electron chi connectivity index (χ2n) is 6.36. The lowest BCUT2D eigenvalue weighted by molar-refractivity contribution is 0.0172. The van der Waals surface area contributed by atoms with Crippen LogP contribution in [0.4, 0.5) is 4.39 Å². The SMILES string of the molecule is COc1ccc(S(=O)(=O)NC[C@H](c2ccc(F)cc2)N2CCOCC2)cc1Br. The third-order valence-corrected chi connectivity index (χ3v) is 6.68. The van der Waals surface area contributed by atoms with Crippen molar-refractivity contribution in [3.8, 4) is 5.75 Å². The van der Waals surface area contributed by atoms with Crippen molar-refractivity contribution in [2.45, 2.75) is 10.9 Å². The molecule has 2 aromatic carbocycles. The minimum absolute atomic E-state index is 0.139. The van der Waals surface area contributed by atoms with Crippen molar-refractivity contribution in [3.63, 3.8) is 0 Å². The highest BCUT2D eigenvalue weighted by atomic mass is 79.9. The fourth-order valence-electron chi connectivity index (χ4n) is 3.12. The number of nitrogens with one attached hydrogen (secondary N) is 1. The first-order valence-electron chi connectivity index (χ1n) is 8.81. The Morgan fingerprint density at radius 3 is 2.50 bits per heavy atom. The summed E-state index contributed by atoms with van der Waals surface area (Å²) in [4.78, 5) is 2.28. The molecule has 0 saturated carbocycles. The van der Waals surface area contributed by atoms with Gasteiger partial charge in [-0.2, -0.15) is 0 Å². The topological polar surface area (TPSA) is 67.9 Å². The Hall–Kier alpha value is -1.52. The standard InChI is InChI=1S/C19H22BrFN2O4S/c1-26-19-7-6-16(12-17(19)20)28(24,25)22-13-18(23-8-10-27-11-9-23)14-2-4-15(21)5-3-14/h2-7,12,18,22H,8-11,13H2,1H3/t18-/m1/s1. The molecule has 0 amide bonds. The Labute approximate surface area is 172 Å². The summed E-state index contributed by atoms with van der Waals surface area (Å²) in [5.74, 6) is 0.226. The summed E-state index contributed by atoms with van der Waals surface area (Å²) in [6, 6.07) is 10.5. The van der Waals surface area contributed by atoms with Gasteiger partial charge in [0.15, 0.2) is 0 Å². The van der Waals surface area contributed by atoms with Gasteiger partial charge in [0.1, 0.15) is 11.6 Å². The van der Waals surface area contributed by atoms with E-state index in [-0.39, 0.29) is 23.3 Å². The maximum absolute atomic E-state index is 13.3. The minimum atomic E-state index is -3.73. The van der Waals surface area contributed by atoms with E-state index in [1.807, 2.05) is 0 Å². The summed E-state index contributed by atoms with van der Waals surface area (Å²) in [5.41, 5.74) is 0.849. The number of sulfonamides is 1. The molecule has 1 N–H and O–H groups in total. The van der Waals surface area contributed by atoms with Gasteiger partial charge in [0, 0.05) is 25.7 Å². The van der Waals surface area contributed by atoms with Crippen LogP contribution < -0.4 is 9.46 Å². The summed E-state index contributed by atoms with van der Waals surface area (Å²) in [7, 11) is -2.21. The molecule has 6 nitrogen and oxygen atoms in total. The fourth-order valence-corrected chi connectivity index (χ4v) is 4.87. The van der Waals surface area contributed by atoms with Gasteiger partial charge in [0.2, 0.25) is 10.0 Å². The number of rotatable bonds is 7. The molecule has 0 bridgehead atoms. The third-order valence-electron chi connectivity index (χ3n) is 4.64. The van der Waals surface area contributed by atoms with Crippen LogP contribution in [0.3, 0.4) is 0 Å². The first-order valence-corrected chi connectivity index (χ1v) is 11.1. The number of benzene rings is 2. The first-order chi connectivity index (χ1) is 13.4. The van der Waals surface area contributed by atoms with Crippen LogP contribution in [0.1, 0.15) is 11.6 Å². The molecule has 1 aliphatic rings. The highest BCUT2D eigenvalue weighted by Crippen LogP contribution is 2.28. The monoisotopic (exact) mass is 472 g/mol. The normalized spacial score (nSPS) is 16.7. The molecule has 0 radical (unpaired) electrons. The molecule has 0 unspecified atom stereocenters. The van der Waals surface area contributed by atoms with Crippen molar-refractivity contribution >= 4 is 26.0 Å². The van der Waals surface area contributed by atoms with Crippen LogP contribution in [0.25, 0.3) is 0 Å². The molecule has 1 atom stereocenters. The van der Waals surface area contributed by atoms with E-state index in [0.29, 0.717) is 36.5 Å². The first kappa shape index (κ1) is 21.2. The second kappa shape index (κ2) is 9.32. The van der Waals surface area contributed by atoms with Gasteiger partial charge in [-0.1, -0.05) is 12.1 Å². The van der Waals surface area contributed by atoms with Crippen molar-refractivity contribution in [3.05, 3.63) is 58.3 Å². The second-order valence-corrected chi connectivity index (χ2v) is 8.99. The molecule has 1 heterocycles. The molecule has 1 aliphatic heterocycles. The number of hydrogen-bond donors (Lipinski definition) is 1. The van der Waals surface area contributed by atoms with Gasteiger partial charge in [-0.25, -0.2) is 17.5 Å². The van der Waals surface area contributed by atoms with Crippen LogP contribution in [-0.4, -0.2) is 53.3 Å². The Balaban J connectivity index is 1.80. The van der Waals surface area contributed by atoms with Crippen LogP contribution in [-0.2, 0) is 14.8 Å². The molecule has 28 heavy (non-hydrogen) atoms. The van der Waals surface area contributed by atoms with E-state index in [2.05, 4.69) is 25.6 Å². The molecule has 0 spiro atoms. The van der Waals surface area contributed by atoms with Gasteiger partial charge < -0.3 is 9.47 Å². The largest absolute Gasteiger partial charge is 0.496 e. The highest BCUT2D eigenvalue weighted by molar-refractivity contribution is 9.10. The average Bonchev–Trinajstić information content (AvgIpc) is 2.70. The zero-order chi connectivity index (χ0) is 20.1. The summed E-state index contributed by atoms with van der Waals surface area (Å²) in [6.07, 6.45) is 0. The summed E-state index contributed by atoms with van der Waals surface area (Å²) >= 11 is 3.31. The number of hydrogen-bond acceptors (Lipinski definition) is 5. The van der Waals surface area contributed by atoms with E-state index in [9.17, 15) is 12.8 Å². The third kappa shape index (κ3) is 5.09. The molecule has 1 fully saturated rings. The maximum atomic E-state index is 13.3. The molecule has 9 heteroatoms. The Bertz CT molecular complexity index is 903. The summed E-state index contributed by atoms with van der Waals surface area (Å²) < 4.78 is 52.7. The molecule has 1 saturated heterocycles. The number of ether oxygens (including phenoxy) is 2. The predicted molar refractivity (Wildman–Crippen MR) is 107 cm³/mol. The van der Waals surface area contributed by atoms with Crippen molar-refractivity contribution in [1.29, 1.82) is 0 Å². The van der Waals surface area contributed by atoms with Gasteiger partial charge >= 0.3 is 0 Å². The van der Waals surface area contributed by atoms with Crippen LogP contribution in [0, 0.1) is 5.82 Å². The van der Waals surface area contributed by atoms with Gasteiger partial charge in [-0.05, 0) is 51.8 Å². The lowest BCUT2D eigenvalue weighted by atomic mass is 10.0. The Morgan fingerprint density at radius 2 is 1.89 bits per heavy atom. The molecular weight excluding hydrogens is 451 g/mol. The van der Waals surface area contributed by atoms with E-state index >= 15 is 0 Å². The number of halogens is 2. The van der Waals surface area contributed by atoms with Crippen LogP contribution in [0.2, 0.25) is 0 Å². The van der Waals surface area contributed by atoms with Crippen molar-refractivity contribution in [2.75, 3.05) is 40.0 Å². The highest BCUT2D eigenvalue weighted by Gasteiger charge is 2.25. The molecule has 3 rings (SSSR count). The minimum Gasteiger partial charge on any atom is -0.496 e. The van der Waals surface area contributed by atoms with Crippen LogP contribution in [0.15, 0.2) is 51.8 Å². The molecule has 0 aromatic heterocycles. The zero-order valence-corrected chi connectivity index (χ0v) is 17.8. The summed E-state index contributed by atoms with van der Waals surface area (Å²) in [6.45, 7) is 2.68. The van der Waals surface area contributed by atoms with E-state index in [0.717, 1.165) is 5.56 Å². The van der Waals surface area contributed by atoms with E-state index in [1.165, 1.54) is 31.4 Å². The number of methoxy groups -OCH3 is 1. The number of morpholine rings is 1. The molecule has 152 valence electrons. The predicted octanol–water partition coefficient (Wildman–Crippen LogP) is 2.95. The molecule has 2 aromatic rings. The van der Waals surface area contributed by atoms with Gasteiger partial charge in [0.25, 0.3) is 0 Å². The van der Waals surface area contributed by atoms with Crippen molar-refractivity contribution < 1.29 is 22.3 Å². The van der Waals surface area contributed by atoms with Crippen LogP contribution >= 0.6 is 15.9 Å². The molecule has 0 aliphatic carbocycles. The fraction of sp³-hybridized carbons (Fsp3) is 0.368. The quantitative estimate of drug-likeness (QED) is 0.670. The maximum Gasteiger partial charge on any atom is 0.240 e. The van der Waals surface area contributed by atoms with Crippen LogP contribution in [0.5, 0.6) is 5.75 Å². The van der Waals surface area contributed by atoms with E-state index in [4.69, 9.17) is 9.47 Å². The van der Waals surface area contributed by atoms with Crippen molar-refractivity contribution in [1.82, 2.24) is 9.62 Å². The number of nitrogens with zero attached hydrogens (tertiary/aromatic N) is 1. The lowest BCUT2D eigenvalue weighted by Gasteiger charge is -2.34. The lowest BCUT2D eigenvalue weighted by Crippen LogP contribution is -2.43. The Morgan fingerprint density at radius 1 is 1.21 bits per heavy atom. The average molecular weight is 473 g/mol. The zero-order valence-electron chi connectivity index (χ0n) is 15.4.